The Hall–Kier alpha value is -0.654. The van der Waals surface area contributed by atoms with E-state index in [1.807, 2.05) is 36.4 Å². The molecule has 0 atom stereocenters. The number of carboxylic acids is 1. The van der Waals surface area contributed by atoms with Crippen LogP contribution in [0.1, 0.15) is 5.56 Å². The summed E-state index contributed by atoms with van der Waals surface area (Å²) in [7, 11) is 0. The number of rotatable bonds is 2. The van der Waals surface area contributed by atoms with Crippen molar-refractivity contribution in [2.75, 3.05) is 0 Å². The van der Waals surface area contributed by atoms with Crippen LogP contribution in [0.4, 0.5) is 0 Å². The average molecular weight is 264 g/mol. The first-order chi connectivity index (χ1) is 8.25. The summed E-state index contributed by atoms with van der Waals surface area (Å²) >= 11 is 0. The SMILES string of the molecule is O=C([O-])Cc1coc2ccc3ccccc3c12.[K+]. The van der Waals surface area contributed by atoms with Crippen LogP contribution in [-0.4, -0.2) is 5.97 Å². The molecular weight excluding hydrogens is 255 g/mol. The van der Waals surface area contributed by atoms with E-state index in [1.54, 1.807) is 0 Å². The Morgan fingerprint density at radius 3 is 2.72 bits per heavy atom. The van der Waals surface area contributed by atoms with E-state index in [2.05, 4.69) is 0 Å². The third-order valence-electron chi connectivity index (χ3n) is 2.87. The number of carboxylic acid groups (broad SMARTS) is 1. The van der Waals surface area contributed by atoms with Crippen molar-refractivity contribution in [2.24, 2.45) is 0 Å². The number of carbonyl (C=O) groups is 1. The van der Waals surface area contributed by atoms with Gasteiger partial charge >= 0.3 is 51.4 Å². The van der Waals surface area contributed by atoms with Crippen molar-refractivity contribution in [3.05, 3.63) is 48.2 Å². The first kappa shape index (κ1) is 13.8. The number of hydrogen-bond donors (Lipinski definition) is 0. The maximum Gasteiger partial charge on any atom is 1.00 e. The molecule has 0 fully saturated rings. The Bertz CT molecular complexity index is 715. The Balaban J connectivity index is 0.00000120. The van der Waals surface area contributed by atoms with Crippen molar-refractivity contribution in [3.63, 3.8) is 0 Å². The van der Waals surface area contributed by atoms with Gasteiger partial charge in [0.05, 0.1) is 6.26 Å². The Kier molecular flexibility index (Phi) is 4.24. The van der Waals surface area contributed by atoms with Gasteiger partial charge in [-0.15, -0.1) is 0 Å². The molecule has 0 N–H and O–H groups in total. The molecule has 18 heavy (non-hydrogen) atoms. The summed E-state index contributed by atoms with van der Waals surface area (Å²) in [4.78, 5) is 10.7. The molecule has 0 saturated carbocycles. The normalized spacial score (nSPS) is 10.4. The van der Waals surface area contributed by atoms with Crippen molar-refractivity contribution in [2.45, 2.75) is 6.42 Å². The summed E-state index contributed by atoms with van der Waals surface area (Å²) in [6.07, 6.45) is 1.37. The molecule has 84 valence electrons. The zero-order chi connectivity index (χ0) is 11.8. The number of benzene rings is 2. The molecule has 3 aromatic rings. The van der Waals surface area contributed by atoms with E-state index in [1.165, 1.54) is 6.26 Å². The fourth-order valence-corrected chi connectivity index (χ4v) is 2.16. The van der Waals surface area contributed by atoms with Crippen LogP contribution in [0.5, 0.6) is 0 Å². The van der Waals surface area contributed by atoms with Crippen LogP contribution in [-0.2, 0) is 11.2 Å². The molecule has 0 radical (unpaired) electrons. The summed E-state index contributed by atoms with van der Waals surface area (Å²) in [6.45, 7) is 0. The standard InChI is InChI=1S/C14H10O3.K/c15-13(16)7-10-8-17-12-6-5-9-3-1-2-4-11(9)14(10)12;/h1-6,8H,7H2,(H,15,16);/q;+1/p-1. The second-order valence-electron chi connectivity index (χ2n) is 3.97. The molecule has 0 saturated heterocycles. The number of hydrogen-bond acceptors (Lipinski definition) is 3. The second kappa shape index (κ2) is 5.55. The third-order valence-corrected chi connectivity index (χ3v) is 2.87. The van der Waals surface area contributed by atoms with Gasteiger partial charge in [0.25, 0.3) is 0 Å². The van der Waals surface area contributed by atoms with E-state index < -0.39 is 5.97 Å². The molecule has 0 bridgehead atoms. The quantitative estimate of drug-likeness (QED) is 0.551. The Labute approximate surface area is 146 Å². The van der Waals surface area contributed by atoms with Gasteiger partial charge in [0, 0.05) is 23.3 Å². The zero-order valence-electron chi connectivity index (χ0n) is 9.97. The summed E-state index contributed by atoms with van der Waals surface area (Å²) in [5, 5.41) is 13.6. The van der Waals surface area contributed by atoms with Gasteiger partial charge in [-0.3, -0.25) is 0 Å². The molecule has 0 unspecified atom stereocenters. The molecule has 0 amide bonds. The van der Waals surface area contributed by atoms with E-state index in [-0.39, 0.29) is 57.8 Å². The van der Waals surface area contributed by atoms with E-state index in [0.29, 0.717) is 11.1 Å². The molecule has 4 heteroatoms. The van der Waals surface area contributed by atoms with Crippen LogP contribution in [0.25, 0.3) is 21.7 Å². The summed E-state index contributed by atoms with van der Waals surface area (Å²) < 4.78 is 5.37. The maximum atomic E-state index is 10.7. The monoisotopic (exact) mass is 264 g/mol. The minimum Gasteiger partial charge on any atom is -0.550 e. The van der Waals surface area contributed by atoms with Crippen LogP contribution in [0.3, 0.4) is 0 Å². The van der Waals surface area contributed by atoms with Gasteiger partial charge in [0.15, 0.2) is 0 Å². The first-order valence-electron chi connectivity index (χ1n) is 5.33. The Morgan fingerprint density at radius 1 is 1.17 bits per heavy atom. The molecule has 0 aliphatic carbocycles. The smallest absolute Gasteiger partial charge is 0.550 e. The molecule has 0 aliphatic heterocycles. The third kappa shape index (κ3) is 2.39. The molecule has 3 nitrogen and oxygen atoms in total. The molecular formula is C14H9KO3. The van der Waals surface area contributed by atoms with Gasteiger partial charge in [-0.1, -0.05) is 30.3 Å². The number of furan rings is 1. The van der Waals surface area contributed by atoms with Gasteiger partial charge < -0.3 is 14.3 Å². The van der Waals surface area contributed by atoms with Crippen molar-refractivity contribution in [1.82, 2.24) is 0 Å². The predicted octanol–water partition coefficient (Wildman–Crippen LogP) is -1.12. The summed E-state index contributed by atoms with van der Waals surface area (Å²) in [5.74, 6) is -1.10. The fraction of sp³-hybridized carbons (Fsp3) is 0.0714. The fourth-order valence-electron chi connectivity index (χ4n) is 2.16. The van der Waals surface area contributed by atoms with Crippen LogP contribution in [0.15, 0.2) is 47.1 Å². The van der Waals surface area contributed by atoms with Crippen LogP contribution in [0.2, 0.25) is 0 Å². The predicted molar refractivity (Wildman–Crippen MR) is 62.4 cm³/mol. The maximum absolute atomic E-state index is 10.7. The summed E-state index contributed by atoms with van der Waals surface area (Å²) in [5.41, 5.74) is 1.37. The molecule has 1 heterocycles. The first-order valence-corrected chi connectivity index (χ1v) is 5.33. The van der Waals surface area contributed by atoms with Gasteiger partial charge in [0.2, 0.25) is 0 Å². The largest absolute Gasteiger partial charge is 1.00 e. The van der Waals surface area contributed by atoms with E-state index in [9.17, 15) is 9.90 Å². The zero-order valence-corrected chi connectivity index (χ0v) is 13.1. The minimum atomic E-state index is -1.10. The van der Waals surface area contributed by atoms with Gasteiger partial charge in [0.1, 0.15) is 5.58 Å². The number of carbonyl (C=O) groups excluding carboxylic acids is 1. The average Bonchev–Trinajstić information content (AvgIpc) is 2.72. The molecule has 2 aromatic carbocycles. The summed E-state index contributed by atoms with van der Waals surface area (Å²) in [6, 6.07) is 11.7. The minimum absolute atomic E-state index is 0. The van der Waals surface area contributed by atoms with Crippen molar-refractivity contribution < 1.29 is 65.7 Å². The van der Waals surface area contributed by atoms with Crippen molar-refractivity contribution in [1.29, 1.82) is 0 Å². The van der Waals surface area contributed by atoms with Crippen molar-refractivity contribution >= 4 is 27.7 Å². The van der Waals surface area contributed by atoms with Crippen LogP contribution >= 0.6 is 0 Å². The number of aliphatic carboxylic acids is 1. The molecule has 0 aliphatic rings. The van der Waals surface area contributed by atoms with E-state index >= 15 is 0 Å². The van der Waals surface area contributed by atoms with Crippen LogP contribution in [0, 0.1) is 0 Å². The van der Waals surface area contributed by atoms with Gasteiger partial charge in [-0.2, -0.15) is 0 Å². The Morgan fingerprint density at radius 2 is 1.94 bits per heavy atom. The molecule has 3 rings (SSSR count). The van der Waals surface area contributed by atoms with Crippen molar-refractivity contribution in [3.8, 4) is 0 Å². The number of fused-ring (bicyclic) bond motifs is 3. The van der Waals surface area contributed by atoms with Crippen LogP contribution < -0.4 is 56.5 Å². The molecule has 1 aromatic heterocycles. The topological polar surface area (TPSA) is 53.3 Å². The van der Waals surface area contributed by atoms with Gasteiger partial charge in [-0.05, 0) is 16.8 Å². The van der Waals surface area contributed by atoms with E-state index in [4.69, 9.17) is 4.42 Å². The second-order valence-corrected chi connectivity index (χ2v) is 3.97. The van der Waals surface area contributed by atoms with E-state index in [0.717, 1.165) is 16.2 Å². The molecule has 0 spiro atoms. The van der Waals surface area contributed by atoms with Gasteiger partial charge in [-0.25, -0.2) is 0 Å².